The van der Waals surface area contributed by atoms with Crippen LogP contribution in [0.25, 0.3) is 0 Å². The number of ether oxygens (including phenoxy) is 1. The number of hydrogen-bond acceptors (Lipinski definition) is 4. The van der Waals surface area contributed by atoms with Gasteiger partial charge in [-0.2, -0.15) is 0 Å². The molecule has 0 aliphatic carbocycles. The van der Waals surface area contributed by atoms with Gasteiger partial charge in [0.1, 0.15) is 0 Å². The Hall–Kier alpha value is -1.34. The topological polar surface area (TPSA) is 108 Å². The number of carboxylic acids is 1. The van der Waals surface area contributed by atoms with Crippen LogP contribution in [-0.2, 0) is 9.53 Å². The fourth-order valence-corrected chi connectivity index (χ4v) is 0.915. The lowest BCUT2D eigenvalue weighted by Gasteiger charge is -2.12. The molecule has 0 bridgehead atoms. The molecular formula is C9H18N2O5. The molecule has 0 aromatic rings. The second-order valence-corrected chi connectivity index (χ2v) is 3.02. The van der Waals surface area contributed by atoms with Crippen molar-refractivity contribution >= 4 is 12.0 Å². The molecule has 0 saturated heterocycles. The summed E-state index contributed by atoms with van der Waals surface area (Å²) in [7, 11) is 0. The minimum absolute atomic E-state index is 0.392. The molecule has 2 amide bonds. The molecule has 7 heteroatoms. The van der Waals surface area contributed by atoms with Gasteiger partial charge in [-0.05, 0) is 13.3 Å². The molecule has 0 aliphatic rings. The Balaban J connectivity index is 3.61. The van der Waals surface area contributed by atoms with E-state index in [2.05, 4.69) is 10.6 Å². The van der Waals surface area contributed by atoms with Crippen molar-refractivity contribution in [3.63, 3.8) is 0 Å². The fourth-order valence-electron chi connectivity index (χ4n) is 0.915. The molecule has 0 heterocycles. The summed E-state index contributed by atoms with van der Waals surface area (Å²) in [6.07, 6.45) is 0.651. The van der Waals surface area contributed by atoms with Crippen molar-refractivity contribution < 1.29 is 24.5 Å². The Morgan fingerprint density at radius 1 is 1.44 bits per heavy atom. The van der Waals surface area contributed by atoms with Crippen molar-refractivity contribution in [2.45, 2.75) is 19.4 Å². The van der Waals surface area contributed by atoms with E-state index in [0.29, 0.717) is 26.2 Å². The standard InChI is InChI=1S/C9H18N2O5/c1-2-16-5-3-4-10-9(15)11-7(6-12)8(13)14/h7,12H,2-6H2,1H3,(H,13,14)(H2,10,11,15)/t7-/m0/s1. The van der Waals surface area contributed by atoms with Gasteiger partial charge in [0.05, 0.1) is 6.61 Å². The largest absolute Gasteiger partial charge is 0.480 e. The summed E-state index contributed by atoms with van der Waals surface area (Å²) >= 11 is 0. The number of hydrogen-bond donors (Lipinski definition) is 4. The maximum Gasteiger partial charge on any atom is 0.328 e. The van der Waals surface area contributed by atoms with E-state index in [4.69, 9.17) is 14.9 Å². The normalized spacial score (nSPS) is 11.9. The molecule has 0 aliphatic heterocycles. The first kappa shape index (κ1) is 14.7. The number of carboxylic acid groups (broad SMARTS) is 1. The van der Waals surface area contributed by atoms with Crippen LogP contribution in [0.4, 0.5) is 4.79 Å². The third-order valence-electron chi connectivity index (χ3n) is 1.74. The Morgan fingerprint density at radius 3 is 2.62 bits per heavy atom. The van der Waals surface area contributed by atoms with Gasteiger partial charge in [-0.1, -0.05) is 0 Å². The smallest absolute Gasteiger partial charge is 0.328 e. The van der Waals surface area contributed by atoms with Crippen LogP contribution in [0, 0.1) is 0 Å². The number of carbonyl (C=O) groups excluding carboxylic acids is 1. The van der Waals surface area contributed by atoms with Crippen molar-refractivity contribution in [1.29, 1.82) is 0 Å². The lowest BCUT2D eigenvalue weighted by atomic mass is 10.3. The van der Waals surface area contributed by atoms with Crippen molar-refractivity contribution in [3.05, 3.63) is 0 Å². The summed E-state index contributed by atoms with van der Waals surface area (Å²) in [4.78, 5) is 21.6. The summed E-state index contributed by atoms with van der Waals surface area (Å²) in [5, 5.41) is 21.8. The summed E-state index contributed by atoms with van der Waals surface area (Å²) in [6, 6.07) is -1.88. The molecule has 1 atom stereocenters. The lowest BCUT2D eigenvalue weighted by molar-refractivity contribution is -0.140. The van der Waals surface area contributed by atoms with Crippen molar-refractivity contribution in [2.75, 3.05) is 26.4 Å². The highest BCUT2D eigenvalue weighted by molar-refractivity contribution is 5.82. The Kier molecular flexibility index (Phi) is 8.18. The van der Waals surface area contributed by atoms with Gasteiger partial charge in [-0.15, -0.1) is 0 Å². The van der Waals surface area contributed by atoms with Gasteiger partial charge in [-0.3, -0.25) is 0 Å². The van der Waals surface area contributed by atoms with E-state index in [0.717, 1.165) is 0 Å². The van der Waals surface area contributed by atoms with E-state index < -0.39 is 24.6 Å². The number of nitrogens with one attached hydrogen (secondary N) is 2. The fraction of sp³-hybridized carbons (Fsp3) is 0.778. The minimum atomic E-state index is -1.27. The second-order valence-electron chi connectivity index (χ2n) is 3.02. The zero-order valence-corrected chi connectivity index (χ0v) is 9.23. The molecular weight excluding hydrogens is 216 g/mol. The van der Waals surface area contributed by atoms with E-state index in [1.54, 1.807) is 0 Å². The predicted molar refractivity (Wildman–Crippen MR) is 56.2 cm³/mol. The highest BCUT2D eigenvalue weighted by atomic mass is 16.5. The van der Waals surface area contributed by atoms with Crippen LogP contribution in [0.3, 0.4) is 0 Å². The van der Waals surface area contributed by atoms with Crippen LogP contribution >= 0.6 is 0 Å². The van der Waals surface area contributed by atoms with Crippen molar-refractivity contribution in [3.8, 4) is 0 Å². The molecule has 0 fully saturated rings. The van der Waals surface area contributed by atoms with E-state index >= 15 is 0 Å². The second kappa shape index (κ2) is 8.93. The molecule has 16 heavy (non-hydrogen) atoms. The quantitative estimate of drug-likeness (QED) is 0.409. The molecule has 0 aromatic carbocycles. The first-order valence-electron chi connectivity index (χ1n) is 5.07. The highest BCUT2D eigenvalue weighted by Gasteiger charge is 2.17. The molecule has 4 N–H and O–H groups in total. The average molecular weight is 234 g/mol. The zero-order chi connectivity index (χ0) is 12.4. The van der Waals surface area contributed by atoms with Crippen LogP contribution in [0.5, 0.6) is 0 Å². The highest BCUT2D eigenvalue weighted by Crippen LogP contribution is 1.83. The van der Waals surface area contributed by atoms with E-state index in [1.807, 2.05) is 6.92 Å². The van der Waals surface area contributed by atoms with Gasteiger partial charge in [0.15, 0.2) is 6.04 Å². The third kappa shape index (κ3) is 7.02. The Labute approximate surface area is 93.8 Å². The van der Waals surface area contributed by atoms with Gasteiger partial charge in [0, 0.05) is 19.8 Å². The summed E-state index contributed by atoms with van der Waals surface area (Å²) in [5.74, 6) is -1.27. The number of aliphatic hydroxyl groups excluding tert-OH is 1. The first-order valence-corrected chi connectivity index (χ1v) is 5.07. The van der Waals surface area contributed by atoms with E-state index in [1.165, 1.54) is 0 Å². The summed E-state index contributed by atoms with van der Waals surface area (Å²) < 4.78 is 5.05. The Morgan fingerprint density at radius 2 is 2.12 bits per heavy atom. The average Bonchev–Trinajstić information content (AvgIpc) is 2.25. The van der Waals surface area contributed by atoms with Gasteiger partial charge in [0.2, 0.25) is 0 Å². The SMILES string of the molecule is CCOCCCNC(=O)N[C@@H](CO)C(=O)O. The molecule has 0 saturated carbocycles. The third-order valence-corrected chi connectivity index (χ3v) is 1.74. The molecule has 0 rings (SSSR count). The predicted octanol–water partition coefficient (Wildman–Crippen LogP) is -0.842. The van der Waals surface area contributed by atoms with Gasteiger partial charge < -0.3 is 25.6 Å². The number of rotatable bonds is 8. The van der Waals surface area contributed by atoms with E-state index in [9.17, 15) is 9.59 Å². The van der Waals surface area contributed by atoms with Crippen LogP contribution in [-0.4, -0.2) is 54.6 Å². The number of aliphatic carboxylic acids is 1. The van der Waals surface area contributed by atoms with Crippen LogP contribution < -0.4 is 10.6 Å². The van der Waals surface area contributed by atoms with Crippen LogP contribution in [0.1, 0.15) is 13.3 Å². The van der Waals surface area contributed by atoms with Gasteiger partial charge >= 0.3 is 12.0 Å². The number of urea groups is 1. The number of aliphatic hydroxyl groups is 1. The van der Waals surface area contributed by atoms with Crippen molar-refractivity contribution in [1.82, 2.24) is 10.6 Å². The van der Waals surface area contributed by atoms with Gasteiger partial charge in [-0.25, -0.2) is 9.59 Å². The lowest BCUT2D eigenvalue weighted by Crippen LogP contribution is -2.48. The van der Waals surface area contributed by atoms with Crippen LogP contribution in [0.15, 0.2) is 0 Å². The molecule has 0 radical (unpaired) electrons. The molecule has 0 unspecified atom stereocenters. The Bertz CT molecular complexity index is 222. The maximum absolute atomic E-state index is 11.1. The van der Waals surface area contributed by atoms with E-state index in [-0.39, 0.29) is 0 Å². The summed E-state index contributed by atoms with van der Waals surface area (Å²) in [5.41, 5.74) is 0. The summed E-state index contributed by atoms with van der Waals surface area (Å²) in [6.45, 7) is 2.79. The maximum atomic E-state index is 11.1. The monoisotopic (exact) mass is 234 g/mol. The van der Waals surface area contributed by atoms with Crippen LogP contribution in [0.2, 0.25) is 0 Å². The first-order chi connectivity index (χ1) is 7.61. The number of amides is 2. The molecule has 7 nitrogen and oxygen atoms in total. The zero-order valence-electron chi connectivity index (χ0n) is 9.23. The molecule has 0 aromatic heterocycles. The minimum Gasteiger partial charge on any atom is -0.480 e. The molecule has 94 valence electrons. The van der Waals surface area contributed by atoms with Gasteiger partial charge in [0.25, 0.3) is 0 Å². The number of carbonyl (C=O) groups is 2. The molecule has 0 spiro atoms. The van der Waals surface area contributed by atoms with Crippen molar-refractivity contribution in [2.24, 2.45) is 0 Å².